The summed E-state index contributed by atoms with van der Waals surface area (Å²) in [6, 6.07) is 3.78. The molecule has 0 aromatic carbocycles. The molecule has 4 heterocycles. The van der Waals surface area contributed by atoms with E-state index in [1.54, 1.807) is 24.0 Å². The van der Waals surface area contributed by atoms with Crippen molar-refractivity contribution in [2.24, 2.45) is 0 Å². The van der Waals surface area contributed by atoms with E-state index >= 15 is 0 Å². The van der Waals surface area contributed by atoms with Crippen LogP contribution in [0.4, 0.5) is 5.82 Å². The fraction of sp³-hybridized carbons (Fsp3) is 0.429. The maximum atomic E-state index is 5.88. The standard InChI is InChI=1S/C14H16N6O3/c1-21-8-10-2-3-12(23-10)11-9-22-7-6-19(11)13-14-16-17-18-20(14)5-4-15-13/h2-5,11H,6-9H2,1H3. The molecule has 3 aromatic rings. The van der Waals surface area contributed by atoms with Gasteiger partial charge in [-0.05, 0) is 22.6 Å². The van der Waals surface area contributed by atoms with Gasteiger partial charge in [0.15, 0.2) is 5.82 Å². The first-order valence-electron chi connectivity index (χ1n) is 7.31. The average Bonchev–Trinajstić information content (AvgIpc) is 3.24. The van der Waals surface area contributed by atoms with Gasteiger partial charge in [-0.3, -0.25) is 0 Å². The van der Waals surface area contributed by atoms with Gasteiger partial charge in [0, 0.05) is 19.9 Å². The van der Waals surface area contributed by atoms with Gasteiger partial charge in [0.1, 0.15) is 24.2 Å². The van der Waals surface area contributed by atoms with E-state index in [0.29, 0.717) is 32.0 Å². The molecule has 1 aliphatic rings. The minimum absolute atomic E-state index is 0.0789. The quantitative estimate of drug-likeness (QED) is 0.699. The summed E-state index contributed by atoms with van der Waals surface area (Å²) < 4.78 is 18.2. The second kappa shape index (κ2) is 5.94. The lowest BCUT2D eigenvalue weighted by Gasteiger charge is -2.35. The van der Waals surface area contributed by atoms with Crippen molar-refractivity contribution in [3.05, 3.63) is 36.0 Å². The number of hydrogen-bond donors (Lipinski definition) is 0. The minimum atomic E-state index is -0.0789. The van der Waals surface area contributed by atoms with Gasteiger partial charge < -0.3 is 18.8 Å². The molecule has 1 aliphatic heterocycles. The second-order valence-electron chi connectivity index (χ2n) is 5.22. The molecule has 3 aromatic heterocycles. The molecule has 0 spiro atoms. The number of hydrogen-bond acceptors (Lipinski definition) is 8. The highest BCUT2D eigenvalue weighted by atomic mass is 16.5. The Morgan fingerprint density at radius 1 is 1.39 bits per heavy atom. The number of furan rings is 1. The Bertz CT molecular complexity index is 801. The van der Waals surface area contributed by atoms with Gasteiger partial charge in [-0.2, -0.15) is 4.52 Å². The van der Waals surface area contributed by atoms with Crippen LogP contribution in [0.15, 0.2) is 28.9 Å². The van der Waals surface area contributed by atoms with E-state index in [1.807, 2.05) is 12.1 Å². The van der Waals surface area contributed by atoms with Crippen molar-refractivity contribution in [2.45, 2.75) is 12.6 Å². The van der Waals surface area contributed by atoms with Gasteiger partial charge in [0.05, 0.1) is 19.4 Å². The molecule has 0 saturated carbocycles. The van der Waals surface area contributed by atoms with Crippen molar-refractivity contribution in [3.63, 3.8) is 0 Å². The molecule has 1 saturated heterocycles. The van der Waals surface area contributed by atoms with Crippen LogP contribution in [0.3, 0.4) is 0 Å². The van der Waals surface area contributed by atoms with E-state index in [9.17, 15) is 0 Å². The van der Waals surface area contributed by atoms with Gasteiger partial charge in [-0.25, -0.2) is 4.98 Å². The Hall–Kier alpha value is -2.52. The third kappa shape index (κ3) is 2.53. The minimum Gasteiger partial charge on any atom is -0.461 e. The number of methoxy groups -OCH3 is 1. The summed E-state index contributed by atoms with van der Waals surface area (Å²) in [7, 11) is 1.64. The van der Waals surface area contributed by atoms with Crippen LogP contribution in [0.1, 0.15) is 17.6 Å². The largest absolute Gasteiger partial charge is 0.461 e. The molecule has 0 N–H and O–H groups in total. The molecule has 0 radical (unpaired) electrons. The van der Waals surface area contributed by atoms with Gasteiger partial charge >= 0.3 is 0 Å². The third-order valence-electron chi connectivity index (χ3n) is 3.80. The van der Waals surface area contributed by atoms with Crippen LogP contribution in [0.2, 0.25) is 0 Å². The van der Waals surface area contributed by atoms with Crippen LogP contribution in [0.25, 0.3) is 5.65 Å². The molecule has 9 nitrogen and oxygen atoms in total. The normalized spacial score (nSPS) is 18.7. The van der Waals surface area contributed by atoms with Crippen LogP contribution < -0.4 is 4.90 Å². The number of anilines is 1. The second-order valence-corrected chi connectivity index (χ2v) is 5.22. The average molecular weight is 316 g/mol. The van der Waals surface area contributed by atoms with E-state index < -0.39 is 0 Å². The van der Waals surface area contributed by atoms with Crippen LogP contribution in [-0.2, 0) is 16.1 Å². The molecule has 23 heavy (non-hydrogen) atoms. The van der Waals surface area contributed by atoms with Crippen LogP contribution >= 0.6 is 0 Å². The fourth-order valence-corrected chi connectivity index (χ4v) is 2.75. The summed E-state index contributed by atoms with van der Waals surface area (Å²) in [5.41, 5.74) is 0.614. The zero-order valence-corrected chi connectivity index (χ0v) is 12.6. The monoisotopic (exact) mass is 316 g/mol. The van der Waals surface area contributed by atoms with Crippen molar-refractivity contribution in [1.82, 2.24) is 25.0 Å². The number of tetrazole rings is 1. The molecule has 120 valence electrons. The summed E-state index contributed by atoms with van der Waals surface area (Å²) in [5, 5.41) is 11.7. The van der Waals surface area contributed by atoms with E-state index in [0.717, 1.165) is 17.3 Å². The van der Waals surface area contributed by atoms with Gasteiger partial charge in [0.25, 0.3) is 0 Å². The molecule has 1 unspecified atom stereocenters. The van der Waals surface area contributed by atoms with Gasteiger partial charge in [0.2, 0.25) is 5.65 Å². The number of ether oxygens (including phenoxy) is 2. The van der Waals surface area contributed by atoms with Crippen LogP contribution in [0, 0.1) is 0 Å². The number of nitrogens with zero attached hydrogens (tertiary/aromatic N) is 6. The van der Waals surface area contributed by atoms with Crippen LogP contribution in [-0.4, -0.2) is 51.9 Å². The van der Waals surface area contributed by atoms with Crippen molar-refractivity contribution >= 4 is 11.5 Å². The summed E-state index contributed by atoms with van der Waals surface area (Å²) in [5.74, 6) is 2.31. The summed E-state index contributed by atoms with van der Waals surface area (Å²) in [6.45, 7) is 2.26. The number of rotatable bonds is 4. The third-order valence-corrected chi connectivity index (χ3v) is 3.80. The summed E-state index contributed by atoms with van der Waals surface area (Å²) in [6.07, 6.45) is 3.40. The topological polar surface area (TPSA) is 90.8 Å². The number of morpholine rings is 1. The predicted molar refractivity (Wildman–Crippen MR) is 78.9 cm³/mol. The molecule has 1 atom stereocenters. The fourth-order valence-electron chi connectivity index (χ4n) is 2.75. The lowest BCUT2D eigenvalue weighted by atomic mass is 10.1. The highest BCUT2D eigenvalue weighted by molar-refractivity contribution is 5.63. The Morgan fingerprint density at radius 3 is 3.26 bits per heavy atom. The molecule has 9 heteroatoms. The zero-order valence-electron chi connectivity index (χ0n) is 12.6. The zero-order chi connectivity index (χ0) is 15.6. The smallest absolute Gasteiger partial charge is 0.222 e. The molecule has 4 rings (SSSR count). The van der Waals surface area contributed by atoms with Crippen molar-refractivity contribution in [1.29, 1.82) is 0 Å². The predicted octanol–water partition coefficient (Wildman–Crippen LogP) is 0.837. The first-order chi connectivity index (χ1) is 11.4. The van der Waals surface area contributed by atoms with E-state index in [4.69, 9.17) is 13.9 Å². The lowest BCUT2D eigenvalue weighted by molar-refractivity contribution is 0.0854. The van der Waals surface area contributed by atoms with Crippen molar-refractivity contribution in [3.8, 4) is 0 Å². The Morgan fingerprint density at radius 2 is 2.35 bits per heavy atom. The first kappa shape index (κ1) is 14.1. The first-order valence-corrected chi connectivity index (χ1v) is 7.31. The van der Waals surface area contributed by atoms with E-state index in [-0.39, 0.29) is 6.04 Å². The van der Waals surface area contributed by atoms with Crippen LogP contribution in [0.5, 0.6) is 0 Å². The van der Waals surface area contributed by atoms with E-state index in [2.05, 4.69) is 25.4 Å². The highest BCUT2D eigenvalue weighted by Crippen LogP contribution is 2.31. The maximum Gasteiger partial charge on any atom is 0.222 e. The highest BCUT2D eigenvalue weighted by Gasteiger charge is 2.30. The number of fused-ring (bicyclic) bond motifs is 1. The molecule has 0 amide bonds. The molecule has 0 aliphatic carbocycles. The maximum absolute atomic E-state index is 5.88. The Balaban J connectivity index is 1.71. The molecular formula is C14H16N6O3. The summed E-state index contributed by atoms with van der Waals surface area (Å²) in [4.78, 5) is 6.58. The Kier molecular flexibility index (Phi) is 3.64. The molecular weight excluding hydrogens is 300 g/mol. The van der Waals surface area contributed by atoms with Crippen molar-refractivity contribution in [2.75, 3.05) is 31.8 Å². The summed E-state index contributed by atoms with van der Waals surface area (Å²) >= 11 is 0. The van der Waals surface area contributed by atoms with Gasteiger partial charge in [-0.15, -0.1) is 5.10 Å². The Labute approximate surface area is 131 Å². The number of aromatic nitrogens is 5. The lowest BCUT2D eigenvalue weighted by Crippen LogP contribution is -2.40. The van der Waals surface area contributed by atoms with E-state index in [1.165, 1.54) is 0 Å². The molecule has 1 fully saturated rings. The molecule has 0 bridgehead atoms. The van der Waals surface area contributed by atoms with Gasteiger partial charge in [-0.1, -0.05) is 0 Å². The van der Waals surface area contributed by atoms with Crippen molar-refractivity contribution < 1.29 is 13.9 Å². The SMILES string of the molecule is COCc1ccc(C2COCCN2c2nccn3nnnc23)o1.